The Hall–Kier alpha value is -3.94. The van der Waals surface area contributed by atoms with Gasteiger partial charge in [0.1, 0.15) is 17.6 Å². The molecule has 0 fully saturated rings. The molecule has 202 valence electrons. The monoisotopic (exact) mass is 519 g/mol. The molecule has 0 saturated carbocycles. The van der Waals surface area contributed by atoms with Crippen LogP contribution in [0.5, 0.6) is 5.75 Å². The molecule has 38 heavy (non-hydrogen) atoms. The van der Waals surface area contributed by atoms with E-state index in [1.807, 2.05) is 32.0 Å². The van der Waals surface area contributed by atoms with Crippen molar-refractivity contribution in [3.05, 3.63) is 59.3 Å². The lowest BCUT2D eigenvalue weighted by molar-refractivity contribution is -0.126. The van der Waals surface area contributed by atoms with Crippen LogP contribution in [0.3, 0.4) is 0 Å². The predicted molar refractivity (Wildman–Crippen MR) is 149 cm³/mol. The molecule has 1 heterocycles. The van der Waals surface area contributed by atoms with Gasteiger partial charge in [0.15, 0.2) is 5.78 Å². The van der Waals surface area contributed by atoms with Crippen molar-refractivity contribution in [3.8, 4) is 5.75 Å². The summed E-state index contributed by atoms with van der Waals surface area (Å²) in [5.41, 5.74) is 3.63. The molecule has 1 unspecified atom stereocenters. The third kappa shape index (κ3) is 7.78. The molecular weight excluding hydrogens is 482 g/mol. The van der Waals surface area contributed by atoms with Gasteiger partial charge in [-0.2, -0.15) is 0 Å². The van der Waals surface area contributed by atoms with E-state index in [0.29, 0.717) is 42.7 Å². The Balaban J connectivity index is 1.72. The number of hydrogen-bond donors (Lipinski definition) is 3. The zero-order valence-electron chi connectivity index (χ0n) is 22.6. The van der Waals surface area contributed by atoms with Gasteiger partial charge in [-0.1, -0.05) is 31.9 Å². The van der Waals surface area contributed by atoms with Gasteiger partial charge in [-0.3, -0.25) is 19.2 Å². The Morgan fingerprint density at radius 3 is 2.53 bits per heavy atom. The van der Waals surface area contributed by atoms with E-state index in [0.717, 1.165) is 35.0 Å². The van der Waals surface area contributed by atoms with E-state index in [4.69, 9.17) is 4.74 Å². The number of Topliss-reactive ketones (excluding diaryl/α,β-unsaturated/α-hetero) is 2. The van der Waals surface area contributed by atoms with E-state index in [1.165, 1.54) is 6.92 Å². The Labute approximate surface area is 223 Å². The summed E-state index contributed by atoms with van der Waals surface area (Å²) in [5, 5.41) is 6.66. The lowest BCUT2D eigenvalue weighted by Crippen LogP contribution is -2.44. The standard InChI is InChI=1S/C30H37N3O5/c1-5-23(35)12-7-6-8-13-28(30(37)32-22-11-9-10-21(16-22)20(3)34)33-29(36)18-25-19(2)31-27-15-14-24(38-4)17-26(25)27/h9-11,14-17,28,31H,5-8,12-13,18H2,1-4H3,(H,32,37)(H,33,36). The number of aryl methyl sites for hydroxylation is 1. The Morgan fingerprint density at radius 2 is 1.82 bits per heavy atom. The van der Waals surface area contributed by atoms with Crippen LogP contribution in [0.25, 0.3) is 10.9 Å². The molecule has 3 N–H and O–H groups in total. The van der Waals surface area contributed by atoms with Gasteiger partial charge in [-0.05, 0) is 62.6 Å². The fourth-order valence-electron chi connectivity index (χ4n) is 4.46. The molecular formula is C30H37N3O5. The smallest absolute Gasteiger partial charge is 0.246 e. The molecule has 8 heteroatoms. The molecule has 1 aromatic heterocycles. The zero-order chi connectivity index (χ0) is 27.7. The van der Waals surface area contributed by atoms with Crippen molar-refractivity contribution in [2.24, 2.45) is 0 Å². The van der Waals surface area contributed by atoms with Crippen molar-refractivity contribution in [1.82, 2.24) is 10.3 Å². The number of aromatic nitrogens is 1. The minimum atomic E-state index is -0.759. The van der Waals surface area contributed by atoms with Crippen LogP contribution in [0, 0.1) is 6.92 Å². The number of carbonyl (C=O) groups excluding carboxylic acids is 4. The Morgan fingerprint density at radius 1 is 1.03 bits per heavy atom. The number of rotatable bonds is 14. The lowest BCUT2D eigenvalue weighted by atomic mass is 10.0. The molecule has 2 amide bonds. The van der Waals surface area contributed by atoms with Crippen molar-refractivity contribution < 1.29 is 23.9 Å². The highest BCUT2D eigenvalue weighted by molar-refractivity contribution is 6.00. The van der Waals surface area contributed by atoms with Crippen LogP contribution >= 0.6 is 0 Å². The molecule has 0 bridgehead atoms. The summed E-state index contributed by atoms with van der Waals surface area (Å²) in [4.78, 5) is 53.0. The van der Waals surface area contributed by atoms with Gasteiger partial charge in [0, 0.05) is 40.7 Å². The number of fused-ring (bicyclic) bond motifs is 1. The minimum absolute atomic E-state index is 0.0988. The van der Waals surface area contributed by atoms with Crippen LogP contribution in [0.15, 0.2) is 42.5 Å². The first kappa shape index (κ1) is 28.6. The first-order valence-corrected chi connectivity index (χ1v) is 13.1. The number of amides is 2. The Kier molecular flexibility index (Phi) is 10.2. The van der Waals surface area contributed by atoms with E-state index in [9.17, 15) is 19.2 Å². The summed E-state index contributed by atoms with van der Waals surface area (Å²) in [7, 11) is 1.60. The van der Waals surface area contributed by atoms with E-state index in [2.05, 4.69) is 15.6 Å². The number of hydrogen-bond acceptors (Lipinski definition) is 5. The highest BCUT2D eigenvalue weighted by atomic mass is 16.5. The third-order valence-corrected chi connectivity index (χ3v) is 6.70. The summed E-state index contributed by atoms with van der Waals surface area (Å²) in [5.74, 6) is 0.211. The van der Waals surface area contributed by atoms with Crippen LogP contribution in [0.2, 0.25) is 0 Å². The van der Waals surface area contributed by atoms with Gasteiger partial charge >= 0.3 is 0 Å². The lowest BCUT2D eigenvalue weighted by Gasteiger charge is -2.19. The van der Waals surface area contributed by atoms with Gasteiger partial charge in [-0.15, -0.1) is 0 Å². The van der Waals surface area contributed by atoms with Crippen molar-refractivity contribution >= 4 is 40.0 Å². The molecule has 0 aliphatic carbocycles. The molecule has 0 aliphatic heterocycles. The van der Waals surface area contributed by atoms with Gasteiger partial charge in [-0.25, -0.2) is 0 Å². The van der Waals surface area contributed by atoms with Gasteiger partial charge in [0.05, 0.1) is 13.5 Å². The summed E-state index contributed by atoms with van der Waals surface area (Å²) in [6, 6.07) is 11.6. The molecule has 0 saturated heterocycles. The molecule has 3 rings (SSSR count). The van der Waals surface area contributed by atoms with Gasteiger partial charge in [0.25, 0.3) is 0 Å². The van der Waals surface area contributed by atoms with Crippen molar-refractivity contribution in [2.45, 2.75) is 71.8 Å². The first-order chi connectivity index (χ1) is 18.2. The second-order valence-corrected chi connectivity index (χ2v) is 9.55. The number of aromatic amines is 1. The molecule has 8 nitrogen and oxygen atoms in total. The Bertz CT molecular complexity index is 1310. The van der Waals surface area contributed by atoms with Crippen molar-refractivity contribution in [3.63, 3.8) is 0 Å². The maximum Gasteiger partial charge on any atom is 0.246 e. The minimum Gasteiger partial charge on any atom is -0.497 e. The number of ketones is 2. The maximum absolute atomic E-state index is 13.2. The number of carbonyl (C=O) groups is 4. The molecule has 3 aromatic rings. The second-order valence-electron chi connectivity index (χ2n) is 9.55. The van der Waals surface area contributed by atoms with Crippen molar-refractivity contribution in [2.75, 3.05) is 12.4 Å². The average molecular weight is 520 g/mol. The van der Waals surface area contributed by atoms with Crippen LogP contribution in [0.4, 0.5) is 5.69 Å². The fraction of sp³-hybridized carbons (Fsp3) is 0.400. The molecule has 0 radical (unpaired) electrons. The average Bonchev–Trinajstić information content (AvgIpc) is 3.21. The van der Waals surface area contributed by atoms with Crippen molar-refractivity contribution in [1.29, 1.82) is 0 Å². The third-order valence-electron chi connectivity index (χ3n) is 6.70. The summed E-state index contributed by atoms with van der Waals surface area (Å²) >= 11 is 0. The number of ether oxygens (including phenoxy) is 1. The molecule has 0 aliphatic rings. The number of benzene rings is 2. The highest BCUT2D eigenvalue weighted by Gasteiger charge is 2.22. The largest absolute Gasteiger partial charge is 0.497 e. The number of methoxy groups -OCH3 is 1. The summed E-state index contributed by atoms with van der Waals surface area (Å²) in [6.07, 6.45) is 3.82. The van der Waals surface area contributed by atoms with Gasteiger partial charge < -0.3 is 20.4 Å². The van der Waals surface area contributed by atoms with Crippen LogP contribution in [0.1, 0.15) is 74.0 Å². The molecule has 1 atom stereocenters. The van der Waals surface area contributed by atoms with E-state index in [1.54, 1.807) is 31.4 Å². The van der Waals surface area contributed by atoms with E-state index < -0.39 is 6.04 Å². The predicted octanol–water partition coefficient (Wildman–Crippen LogP) is 5.28. The quantitative estimate of drug-likeness (QED) is 0.198. The fourth-order valence-corrected chi connectivity index (χ4v) is 4.46. The van der Waals surface area contributed by atoms with E-state index >= 15 is 0 Å². The first-order valence-electron chi connectivity index (χ1n) is 13.1. The SMILES string of the molecule is CCC(=O)CCCCCC(NC(=O)Cc1c(C)[nH]c2ccc(OC)cc12)C(=O)Nc1cccc(C(C)=O)c1. The second kappa shape index (κ2) is 13.6. The number of anilines is 1. The highest BCUT2D eigenvalue weighted by Crippen LogP contribution is 2.27. The topological polar surface area (TPSA) is 117 Å². The van der Waals surface area contributed by atoms with Gasteiger partial charge in [0.2, 0.25) is 11.8 Å². The number of unbranched alkanes of at least 4 members (excludes halogenated alkanes) is 2. The number of H-pyrrole nitrogens is 1. The van der Waals surface area contributed by atoms with E-state index in [-0.39, 0.29) is 29.8 Å². The van der Waals surface area contributed by atoms with Crippen LogP contribution in [-0.4, -0.2) is 41.5 Å². The maximum atomic E-state index is 13.2. The summed E-state index contributed by atoms with van der Waals surface area (Å²) in [6.45, 7) is 5.24. The normalized spacial score (nSPS) is 11.7. The van der Waals surface area contributed by atoms with Crippen LogP contribution in [-0.2, 0) is 20.8 Å². The molecule has 0 spiro atoms. The summed E-state index contributed by atoms with van der Waals surface area (Å²) < 4.78 is 5.34. The molecule has 2 aromatic carbocycles. The van der Waals surface area contributed by atoms with Crippen LogP contribution < -0.4 is 15.4 Å². The zero-order valence-corrected chi connectivity index (χ0v) is 22.6. The number of nitrogens with one attached hydrogen (secondary N) is 3.